The molecule has 0 aliphatic heterocycles. The summed E-state index contributed by atoms with van der Waals surface area (Å²) in [5, 5.41) is 8.15. The van der Waals surface area contributed by atoms with E-state index in [2.05, 4.69) is 15.8 Å². The Balaban J connectivity index is 1.63. The number of benzene rings is 3. The molecule has 0 saturated heterocycles. The Bertz CT molecular complexity index is 1110. The monoisotopic (exact) mass is 459 g/mol. The van der Waals surface area contributed by atoms with Crippen LogP contribution in [0.5, 0.6) is 0 Å². The Hall–Kier alpha value is -2.86. The Labute approximate surface area is 188 Å². The summed E-state index contributed by atoms with van der Waals surface area (Å²) in [7, 11) is 0. The van der Waals surface area contributed by atoms with Crippen LogP contribution >= 0.6 is 34.8 Å². The first-order valence-corrected chi connectivity index (χ1v) is 9.94. The topological polar surface area (TPSA) is 70.6 Å². The van der Waals surface area contributed by atoms with E-state index in [1.54, 1.807) is 67.6 Å². The van der Waals surface area contributed by atoms with Gasteiger partial charge in [-0.15, -0.1) is 0 Å². The Morgan fingerprint density at radius 2 is 1.33 bits per heavy atom. The van der Waals surface area contributed by atoms with Crippen molar-refractivity contribution in [2.75, 3.05) is 5.32 Å². The van der Waals surface area contributed by atoms with Gasteiger partial charge in [0.2, 0.25) is 0 Å². The highest BCUT2D eigenvalue weighted by Gasteiger charge is 2.09. The van der Waals surface area contributed by atoms with Crippen LogP contribution in [0, 0.1) is 0 Å². The zero-order chi connectivity index (χ0) is 21.7. The molecule has 30 heavy (non-hydrogen) atoms. The van der Waals surface area contributed by atoms with Gasteiger partial charge in [-0.2, -0.15) is 5.10 Å². The maximum absolute atomic E-state index is 12.3. The number of amides is 2. The minimum absolute atomic E-state index is 0.237. The van der Waals surface area contributed by atoms with Crippen molar-refractivity contribution in [3.8, 4) is 0 Å². The van der Waals surface area contributed by atoms with Crippen LogP contribution in [0.15, 0.2) is 71.8 Å². The van der Waals surface area contributed by atoms with Gasteiger partial charge in [0.1, 0.15) is 0 Å². The number of anilines is 1. The molecule has 152 valence electrons. The van der Waals surface area contributed by atoms with Gasteiger partial charge in [0.25, 0.3) is 11.8 Å². The molecule has 3 aromatic rings. The SMILES string of the molecule is CC(=NNC(=O)c1ccc(Cl)c(Cl)c1)c1ccc(NC(=O)c2ccc(Cl)cc2)cc1. The van der Waals surface area contributed by atoms with E-state index in [1.807, 2.05) is 0 Å². The molecular formula is C22H16Cl3N3O2. The largest absolute Gasteiger partial charge is 0.322 e. The lowest BCUT2D eigenvalue weighted by Crippen LogP contribution is -2.19. The predicted molar refractivity (Wildman–Crippen MR) is 122 cm³/mol. The van der Waals surface area contributed by atoms with Gasteiger partial charge in [0.15, 0.2) is 0 Å². The number of carbonyl (C=O) groups is 2. The van der Waals surface area contributed by atoms with E-state index >= 15 is 0 Å². The van der Waals surface area contributed by atoms with E-state index in [-0.39, 0.29) is 5.91 Å². The zero-order valence-electron chi connectivity index (χ0n) is 15.7. The number of nitrogens with one attached hydrogen (secondary N) is 2. The Kier molecular flexibility index (Phi) is 7.11. The fraction of sp³-hybridized carbons (Fsp3) is 0.0455. The van der Waals surface area contributed by atoms with Crippen molar-refractivity contribution in [1.29, 1.82) is 0 Å². The molecule has 0 bridgehead atoms. The average Bonchev–Trinajstić information content (AvgIpc) is 2.74. The van der Waals surface area contributed by atoms with Gasteiger partial charge in [-0.05, 0) is 67.1 Å². The van der Waals surface area contributed by atoms with E-state index in [9.17, 15) is 9.59 Å². The van der Waals surface area contributed by atoms with Crippen LogP contribution in [0.1, 0.15) is 33.2 Å². The fourth-order valence-corrected chi connectivity index (χ4v) is 2.92. The molecule has 0 aromatic heterocycles. The van der Waals surface area contributed by atoms with Crippen LogP contribution in [0.3, 0.4) is 0 Å². The number of nitrogens with zero attached hydrogens (tertiary/aromatic N) is 1. The van der Waals surface area contributed by atoms with Gasteiger partial charge in [-0.1, -0.05) is 46.9 Å². The van der Waals surface area contributed by atoms with Crippen molar-refractivity contribution in [3.05, 3.63) is 98.5 Å². The van der Waals surface area contributed by atoms with Gasteiger partial charge < -0.3 is 5.32 Å². The molecule has 0 aliphatic rings. The van der Waals surface area contributed by atoms with E-state index in [4.69, 9.17) is 34.8 Å². The standard InChI is InChI=1S/C22H16Cl3N3O2/c1-13(27-28-22(30)16-6-11-19(24)20(25)12-16)14-4-9-18(10-5-14)26-21(29)15-2-7-17(23)8-3-15/h2-12H,1H3,(H,26,29)(H,28,30). The molecule has 3 rings (SSSR count). The third-order valence-corrected chi connectivity index (χ3v) is 5.16. The molecule has 8 heteroatoms. The molecule has 3 aromatic carbocycles. The smallest absolute Gasteiger partial charge is 0.271 e. The molecule has 0 fully saturated rings. The molecule has 0 heterocycles. The number of rotatable bonds is 5. The number of hydrogen-bond donors (Lipinski definition) is 2. The highest BCUT2D eigenvalue weighted by atomic mass is 35.5. The molecule has 2 N–H and O–H groups in total. The predicted octanol–water partition coefficient (Wildman–Crippen LogP) is 6.05. The fourth-order valence-electron chi connectivity index (χ4n) is 2.50. The zero-order valence-corrected chi connectivity index (χ0v) is 18.0. The summed E-state index contributed by atoms with van der Waals surface area (Å²) in [6.45, 7) is 1.76. The van der Waals surface area contributed by atoms with Crippen molar-refractivity contribution < 1.29 is 9.59 Å². The summed E-state index contributed by atoms with van der Waals surface area (Å²) in [4.78, 5) is 24.5. The average molecular weight is 461 g/mol. The lowest BCUT2D eigenvalue weighted by molar-refractivity contribution is 0.0954. The summed E-state index contributed by atoms with van der Waals surface area (Å²) in [5.74, 6) is -0.640. The maximum Gasteiger partial charge on any atom is 0.271 e. The number of carbonyl (C=O) groups excluding carboxylic acids is 2. The molecule has 0 unspecified atom stereocenters. The molecule has 2 amide bonds. The summed E-state index contributed by atoms with van der Waals surface area (Å²) in [6.07, 6.45) is 0. The van der Waals surface area contributed by atoms with Crippen LogP contribution in [-0.2, 0) is 0 Å². The van der Waals surface area contributed by atoms with Crippen molar-refractivity contribution in [2.24, 2.45) is 5.10 Å². The third kappa shape index (κ3) is 5.60. The molecule has 0 aliphatic carbocycles. The summed E-state index contributed by atoms with van der Waals surface area (Å²) < 4.78 is 0. The highest BCUT2D eigenvalue weighted by Crippen LogP contribution is 2.22. The summed E-state index contributed by atoms with van der Waals surface area (Å²) in [6, 6.07) is 18.3. The van der Waals surface area contributed by atoms with Crippen LogP contribution in [0.25, 0.3) is 0 Å². The second-order valence-electron chi connectivity index (χ2n) is 6.31. The molecule has 0 atom stereocenters. The minimum atomic E-state index is -0.403. The van der Waals surface area contributed by atoms with Crippen LogP contribution in [-0.4, -0.2) is 17.5 Å². The van der Waals surface area contributed by atoms with Crippen molar-refractivity contribution in [3.63, 3.8) is 0 Å². The van der Waals surface area contributed by atoms with Gasteiger partial charge in [-0.25, -0.2) is 5.43 Å². The first-order chi connectivity index (χ1) is 14.3. The van der Waals surface area contributed by atoms with Gasteiger partial charge in [0, 0.05) is 21.8 Å². The maximum atomic E-state index is 12.3. The van der Waals surface area contributed by atoms with E-state index in [0.29, 0.717) is 37.6 Å². The molecule has 5 nitrogen and oxygen atoms in total. The second-order valence-corrected chi connectivity index (χ2v) is 7.56. The molecule has 0 saturated carbocycles. The number of hydrazone groups is 1. The molecule has 0 spiro atoms. The van der Waals surface area contributed by atoms with Crippen molar-refractivity contribution in [1.82, 2.24) is 5.43 Å². The summed E-state index contributed by atoms with van der Waals surface area (Å²) >= 11 is 17.6. The molecular weight excluding hydrogens is 445 g/mol. The second kappa shape index (κ2) is 9.76. The van der Waals surface area contributed by atoms with E-state index < -0.39 is 5.91 Å². The first-order valence-electron chi connectivity index (χ1n) is 8.80. The van der Waals surface area contributed by atoms with Crippen LogP contribution < -0.4 is 10.7 Å². The third-order valence-electron chi connectivity index (χ3n) is 4.17. The van der Waals surface area contributed by atoms with Gasteiger partial charge in [-0.3, -0.25) is 9.59 Å². The Morgan fingerprint density at radius 3 is 1.97 bits per heavy atom. The number of halogens is 3. The van der Waals surface area contributed by atoms with Crippen molar-refractivity contribution in [2.45, 2.75) is 6.92 Å². The normalized spacial score (nSPS) is 11.1. The first kappa shape index (κ1) is 21.8. The summed E-state index contributed by atoms with van der Waals surface area (Å²) in [5.41, 5.74) is 5.35. The number of hydrogen-bond acceptors (Lipinski definition) is 3. The van der Waals surface area contributed by atoms with Crippen LogP contribution in [0.4, 0.5) is 5.69 Å². The lowest BCUT2D eigenvalue weighted by atomic mass is 10.1. The van der Waals surface area contributed by atoms with E-state index in [1.165, 1.54) is 6.07 Å². The van der Waals surface area contributed by atoms with Crippen LogP contribution in [0.2, 0.25) is 15.1 Å². The quantitative estimate of drug-likeness (QED) is 0.359. The van der Waals surface area contributed by atoms with Crippen molar-refractivity contribution >= 4 is 58.0 Å². The lowest BCUT2D eigenvalue weighted by Gasteiger charge is -2.07. The highest BCUT2D eigenvalue weighted by molar-refractivity contribution is 6.42. The minimum Gasteiger partial charge on any atom is -0.322 e. The van der Waals surface area contributed by atoms with Gasteiger partial charge >= 0.3 is 0 Å². The van der Waals surface area contributed by atoms with E-state index in [0.717, 1.165) is 5.56 Å². The van der Waals surface area contributed by atoms with Gasteiger partial charge in [0.05, 0.1) is 15.8 Å². The molecule has 0 radical (unpaired) electrons. The Morgan fingerprint density at radius 1 is 0.733 bits per heavy atom.